The van der Waals surface area contributed by atoms with E-state index in [1.54, 1.807) is 24.3 Å². The van der Waals surface area contributed by atoms with Crippen LogP contribution in [0, 0.1) is 0 Å². The summed E-state index contributed by atoms with van der Waals surface area (Å²) in [6, 6.07) is 10.8. The number of nitrogens with zero attached hydrogens (tertiary/aromatic N) is 4. The molecular formula is C25H26ClN5O5S. The van der Waals surface area contributed by atoms with Crippen molar-refractivity contribution in [2.24, 2.45) is 0 Å². The Bertz CT molecular complexity index is 1440. The SMILES string of the molecule is CC(C)N1CCC(NC(=O)c2nn(Cc3cc(-c4ccc(Cl)s4)on3)c3c(OC(=O)O)cccc23)CC1. The quantitative estimate of drug-likeness (QED) is 0.243. The number of halogens is 1. The van der Waals surface area contributed by atoms with Gasteiger partial charge in [0.1, 0.15) is 11.2 Å². The number of para-hydroxylation sites is 1. The number of carbonyl (C=O) groups excluding carboxylic acids is 1. The Kier molecular flexibility index (Phi) is 7.18. The number of carboxylic acid groups (broad SMARTS) is 1. The van der Waals surface area contributed by atoms with Gasteiger partial charge in [-0.05, 0) is 44.9 Å². The first-order chi connectivity index (χ1) is 17.8. The Balaban J connectivity index is 1.44. The second kappa shape index (κ2) is 10.5. The van der Waals surface area contributed by atoms with Gasteiger partial charge in [-0.2, -0.15) is 5.10 Å². The van der Waals surface area contributed by atoms with Crippen molar-refractivity contribution >= 4 is 45.9 Å². The minimum absolute atomic E-state index is 0.0388. The molecule has 12 heteroatoms. The van der Waals surface area contributed by atoms with Gasteiger partial charge in [-0.25, -0.2) is 4.79 Å². The largest absolute Gasteiger partial charge is 0.511 e. The van der Waals surface area contributed by atoms with E-state index >= 15 is 0 Å². The third-order valence-corrected chi connectivity index (χ3v) is 7.67. The van der Waals surface area contributed by atoms with Crippen molar-refractivity contribution in [3.8, 4) is 16.4 Å². The van der Waals surface area contributed by atoms with Crippen molar-refractivity contribution in [3.05, 3.63) is 52.1 Å². The minimum Gasteiger partial charge on any atom is -0.449 e. The lowest BCUT2D eigenvalue weighted by molar-refractivity contribution is 0.0896. The van der Waals surface area contributed by atoms with E-state index in [1.807, 2.05) is 6.07 Å². The molecule has 10 nitrogen and oxygen atoms in total. The number of rotatable bonds is 7. The van der Waals surface area contributed by atoms with Crippen molar-refractivity contribution < 1.29 is 24.0 Å². The molecular weight excluding hydrogens is 518 g/mol. The molecule has 0 unspecified atom stereocenters. The molecule has 0 aliphatic carbocycles. The van der Waals surface area contributed by atoms with Crippen LogP contribution >= 0.6 is 22.9 Å². The number of ether oxygens (including phenoxy) is 1. The van der Waals surface area contributed by atoms with Gasteiger partial charge in [0.05, 0.1) is 15.8 Å². The highest BCUT2D eigenvalue weighted by Crippen LogP contribution is 2.33. The number of benzene rings is 1. The molecule has 2 N–H and O–H groups in total. The molecule has 1 aromatic carbocycles. The molecule has 3 aromatic heterocycles. The van der Waals surface area contributed by atoms with Gasteiger partial charge in [0, 0.05) is 36.6 Å². The lowest BCUT2D eigenvalue weighted by Gasteiger charge is -2.34. The van der Waals surface area contributed by atoms with Crippen LogP contribution in [0.3, 0.4) is 0 Å². The summed E-state index contributed by atoms with van der Waals surface area (Å²) in [4.78, 5) is 27.9. The van der Waals surface area contributed by atoms with Crippen molar-refractivity contribution in [2.45, 2.75) is 45.3 Å². The van der Waals surface area contributed by atoms with Gasteiger partial charge in [-0.1, -0.05) is 28.9 Å². The van der Waals surface area contributed by atoms with Crippen molar-refractivity contribution in [3.63, 3.8) is 0 Å². The Morgan fingerprint density at radius 3 is 2.73 bits per heavy atom. The van der Waals surface area contributed by atoms with E-state index in [-0.39, 0.29) is 29.9 Å². The molecule has 5 rings (SSSR count). The number of likely N-dealkylation sites (tertiary alicyclic amines) is 1. The predicted octanol–water partition coefficient (Wildman–Crippen LogP) is 5.11. The van der Waals surface area contributed by atoms with Crippen LogP contribution in [0.5, 0.6) is 5.75 Å². The molecule has 37 heavy (non-hydrogen) atoms. The van der Waals surface area contributed by atoms with E-state index in [4.69, 9.17) is 20.9 Å². The molecule has 0 bridgehead atoms. The van der Waals surface area contributed by atoms with Crippen LogP contribution in [0.15, 0.2) is 40.9 Å². The first-order valence-corrected chi connectivity index (χ1v) is 13.1. The van der Waals surface area contributed by atoms with Crippen molar-refractivity contribution in [2.75, 3.05) is 13.1 Å². The summed E-state index contributed by atoms with van der Waals surface area (Å²) < 4.78 is 12.6. The van der Waals surface area contributed by atoms with Gasteiger partial charge in [0.2, 0.25) is 0 Å². The molecule has 0 atom stereocenters. The van der Waals surface area contributed by atoms with Gasteiger partial charge in [-0.3, -0.25) is 9.48 Å². The highest BCUT2D eigenvalue weighted by atomic mass is 35.5. The first-order valence-electron chi connectivity index (χ1n) is 11.9. The third kappa shape index (κ3) is 5.48. The molecule has 1 aliphatic heterocycles. The van der Waals surface area contributed by atoms with Gasteiger partial charge in [-0.15, -0.1) is 11.3 Å². The molecule has 0 radical (unpaired) electrons. The summed E-state index contributed by atoms with van der Waals surface area (Å²) in [5.74, 6) is 0.319. The van der Waals surface area contributed by atoms with E-state index in [0.717, 1.165) is 30.8 Å². The average Bonchev–Trinajstić information content (AvgIpc) is 3.59. The minimum atomic E-state index is -1.46. The summed E-state index contributed by atoms with van der Waals surface area (Å²) in [5.41, 5.74) is 1.13. The lowest BCUT2D eigenvalue weighted by Crippen LogP contribution is -2.46. The Morgan fingerprint density at radius 2 is 2.05 bits per heavy atom. The Hall–Kier alpha value is -3.41. The summed E-state index contributed by atoms with van der Waals surface area (Å²) in [5, 5.41) is 21.6. The van der Waals surface area contributed by atoms with Gasteiger partial charge < -0.3 is 24.6 Å². The van der Waals surface area contributed by atoms with E-state index < -0.39 is 6.16 Å². The van der Waals surface area contributed by atoms with Crippen LogP contribution in [0.4, 0.5) is 4.79 Å². The number of nitrogens with one attached hydrogen (secondary N) is 1. The monoisotopic (exact) mass is 543 g/mol. The molecule has 1 aliphatic rings. The van der Waals surface area contributed by atoms with Crippen LogP contribution in [-0.2, 0) is 6.54 Å². The van der Waals surface area contributed by atoms with Crippen LogP contribution in [0.2, 0.25) is 4.34 Å². The number of hydrogen-bond donors (Lipinski definition) is 2. The maximum Gasteiger partial charge on any atom is 0.511 e. The zero-order chi connectivity index (χ0) is 26.1. The molecule has 0 spiro atoms. The summed E-state index contributed by atoms with van der Waals surface area (Å²) in [7, 11) is 0. The van der Waals surface area contributed by atoms with Crippen LogP contribution in [0.1, 0.15) is 42.9 Å². The standard InChI is InChI=1S/C25H26ClN5O5S/c1-14(2)30-10-8-15(9-11-30)27-24(32)22-17-4-3-5-18(35-25(33)34)23(17)31(28-22)13-16-12-19(36-29-16)20-6-7-21(26)37-20/h3-7,12,14-15H,8-11,13H2,1-2H3,(H,27,32)(H,33,34). The number of amides is 1. The number of thiophene rings is 1. The van der Waals surface area contributed by atoms with E-state index in [0.29, 0.717) is 32.7 Å². The fourth-order valence-electron chi connectivity index (χ4n) is 4.58. The van der Waals surface area contributed by atoms with Gasteiger partial charge in [0.15, 0.2) is 17.2 Å². The summed E-state index contributed by atoms with van der Waals surface area (Å²) in [6.07, 6.45) is 0.246. The second-order valence-corrected chi connectivity index (χ2v) is 10.9. The normalized spacial score (nSPS) is 14.9. The second-order valence-electron chi connectivity index (χ2n) is 9.19. The first kappa shape index (κ1) is 25.2. The van der Waals surface area contributed by atoms with Gasteiger partial charge in [0.25, 0.3) is 5.91 Å². The van der Waals surface area contributed by atoms with E-state index in [1.165, 1.54) is 22.1 Å². The van der Waals surface area contributed by atoms with Gasteiger partial charge >= 0.3 is 6.16 Å². The molecule has 1 amide bonds. The maximum atomic E-state index is 13.3. The molecule has 4 heterocycles. The zero-order valence-corrected chi connectivity index (χ0v) is 21.9. The van der Waals surface area contributed by atoms with E-state index in [9.17, 15) is 14.7 Å². The lowest BCUT2D eigenvalue weighted by atomic mass is 10.0. The molecule has 0 saturated carbocycles. The smallest absolute Gasteiger partial charge is 0.449 e. The molecule has 4 aromatic rings. The highest BCUT2D eigenvalue weighted by Gasteiger charge is 2.26. The molecule has 194 valence electrons. The molecule has 1 fully saturated rings. The predicted molar refractivity (Wildman–Crippen MR) is 140 cm³/mol. The summed E-state index contributed by atoms with van der Waals surface area (Å²) >= 11 is 7.40. The number of aromatic nitrogens is 3. The van der Waals surface area contributed by atoms with Crippen molar-refractivity contribution in [1.29, 1.82) is 0 Å². The Labute approximate surface area is 221 Å². The maximum absolute atomic E-state index is 13.3. The zero-order valence-electron chi connectivity index (χ0n) is 20.3. The Morgan fingerprint density at radius 1 is 1.27 bits per heavy atom. The molecule has 1 saturated heterocycles. The van der Waals surface area contributed by atoms with E-state index in [2.05, 4.69) is 34.3 Å². The van der Waals surface area contributed by atoms with Crippen molar-refractivity contribution in [1.82, 2.24) is 25.2 Å². The third-order valence-electron chi connectivity index (χ3n) is 6.43. The highest BCUT2D eigenvalue weighted by molar-refractivity contribution is 7.19. The van der Waals surface area contributed by atoms with Crippen LogP contribution < -0.4 is 10.1 Å². The average molecular weight is 544 g/mol. The van der Waals surface area contributed by atoms with Crippen LogP contribution in [0.25, 0.3) is 21.5 Å². The number of fused-ring (bicyclic) bond motifs is 1. The fourth-order valence-corrected chi connectivity index (χ4v) is 5.57. The fraction of sp³-hybridized carbons (Fsp3) is 0.360. The number of carbonyl (C=O) groups is 2. The topological polar surface area (TPSA) is 123 Å². The van der Waals surface area contributed by atoms with Crippen LogP contribution in [-0.4, -0.2) is 62.2 Å². The number of piperidine rings is 1. The summed E-state index contributed by atoms with van der Waals surface area (Å²) in [6.45, 7) is 6.31. The number of hydrogen-bond acceptors (Lipinski definition) is 8.